The number of hydrogen-bond donors (Lipinski definition) is 2. The van der Waals surface area contributed by atoms with Gasteiger partial charge in [0.1, 0.15) is 12.4 Å². The average molecular weight is 310 g/mol. The van der Waals surface area contributed by atoms with Gasteiger partial charge in [0.05, 0.1) is 0 Å². The van der Waals surface area contributed by atoms with Gasteiger partial charge in [0.2, 0.25) is 0 Å². The van der Waals surface area contributed by atoms with Crippen molar-refractivity contribution in [3.05, 3.63) is 11.6 Å². The molecular formula is C15H30N6O. The summed E-state index contributed by atoms with van der Waals surface area (Å²) in [5, 5.41) is 14.9. The number of aliphatic imine (C=N–C) groups is 1. The Hall–Kier alpha value is -1.63. The number of guanidine groups is 1. The molecule has 0 fully saturated rings. The molecule has 0 atom stereocenters. The maximum atomic E-state index is 5.34. The number of unbranched alkanes of at least 4 members (excludes halogenated alkanes) is 1. The molecule has 0 unspecified atom stereocenters. The molecule has 0 aromatic carbocycles. The lowest BCUT2D eigenvalue weighted by molar-refractivity contribution is 0.145. The molecule has 1 aromatic rings. The second kappa shape index (κ2) is 11.0. The van der Waals surface area contributed by atoms with E-state index in [4.69, 9.17) is 4.74 Å². The van der Waals surface area contributed by atoms with Crippen LogP contribution in [-0.2, 0) is 18.3 Å². The van der Waals surface area contributed by atoms with Crippen LogP contribution in [0.5, 0.6) is 0 Å². The summed E-state index contributed by atoms with van der Waals surface area (Å²) >= 11 is 0. The van der Waals surface area contributed by atoms with Crippen molar-refractivity contribution >= 4 is 5.96 Å². The second-order valence-corrected chi connectivity index (χ2v) is 5.14. The smallest absolute Gasteiger partial charge is 0.191 e. The van der Waals surface area contributed by atoms with E-state index in [0.717, 1.165) is 63.2 Å². The van der Waals surface area contributed by atoms with Gasteiger partial charge in [0.15, 0.2) is 11.8 Å². The van der Waals surface area contributed by atoms with Crippen molar-refractivity contribution in [1.82, 2.24) is 25.4 Å². The summed E-state index contributed by atoms with van der Waals surface area (Å²) in [6, 6.07) is 0. The van der Waals surface area contributed by atoms with E-state index >= 15 is 0 Å². The molecule has 0 aliphatic heterocycles. The molecule has 1 heterocycles. The molecule has 22 heavy (non-hydrogen) atoms. The summed E-state index contributed by atoms with van der Waals surface area (Å²) in [5.41, 5.74) is 0. The Balaban J connectivity index is 2.48. The van der Waals surface area contributed by atoms with Gasteiger partial charge >= 0.3 is 0 Å². The van der Waals surface area contributed by atoms with Gasteiger partial charge < -0.3 is 19.9 Å². The number of aromatic nitrogens is 3. The minimum atomic E-state index is 0.518. The van der Waals surface area contributed by atoms with E-state index in [0.29, 0.717) is 6.54 Å². The molecule has 0 amide bonds. The maximum Gasteiger partial charge on any atom is 0.191 e. The molecule has 0 radical (unpaired) electrons. The van der Waals surface area contributed by atoms with Crippen LogP contribution in [0.4, 0.5) is 0 Å². The Bertz CT molecular complexity index is 443. The van der Waals surface area contributed by atoms with Crippen LogP contribution in [0.25, 0.3) is 0 Å². The van der Waals surface area contributed by atoms with Gasteiger partial charge in [-0.25, -0.2) is 4.99 Å². The normalized spacial score (nSPS) is 11.7. The van der Waals surface area contributed by atoms with Crippen LogP contribution in [0.15, 0.2) is 4.99 Å². The van der Waals surface area contributed by atoms with E-state index in [2.05, 4.69) is 32.7 Å². The maximum absolute atomic E-state index is 5.34. The number of nitrogens with zero attached hydrogens (tertiary/aromatic N) is 4. The first kappa shape index (κ1) is 18.4. The highest BCUT2D eigenvalue weighted by Gasteiger charge is 2.04. The Morgan fingerprint density at radius 3 is 2.50 bits per heavy atom. The lowest BCUT2D eigenvalue weighted by Gasteiger charge is -2.12. The first-order chi connectivity index (χ1) is 10.7. The molecule has 0 bridgehead atoms. The predicted octanol–water partition coefficient (Wildman–Crippen LogP) is 1.39. The summed E-state index contributed by atoms with van der Waals surface area (Å²) in [5.74, 6) is 2.59. The van der Waals surface area contributed by atoms with Crippen molar-refractivity contribution in [2.75, 3.05) is 26.3 Å². The lowest BCUT2D eigenvalue weighted by Crippen LogP contribution is -2.38. The highest BCUT2D eigenvalue weighted by Crippen LogP contribution is 1.99. The third-order valence-corrected chi connectivity index (χ3v) is 3.35. The molecule has 2 N–H and O–H groups in total. The van der Waals surface area contributed by atoms with Gasteiger partial charge in [-0.3, -0.25) is 0 Å². The molecule has 0 saturated carbocycles. The summed E-state index contributed by atoms with van der Waals surface area (Å²) in [6.45, 7) is 9.94. The fraction of sp³-hybridized carbons (Fsp3) is 0.800. The Morgan fingerprint density at radius 2 is 1.91 bits per heavy atom. The van der Waals surface area contributed by atoms with Crippen molar-refractivity contribution in [3.8, 4) is 0 Å². The molecule has 7 heteroatoms. The molecule has 0 spiro atoms. The summed E-state index contributed by atoms with van der Waals surface area (Å²) < 4.78 is 7.30. The molecular weight excluding hydrogens is 280 g/mol. The van der Waals surface area contributed by atoms with Crippen molar-refractivity contribution < 1.29 is 4.74 Å². The highest BCUT2D eigenvalue weighted by atomic mass is 16.5. The van der Waals surface area contributed by atoms with Gasteiger partial charge in [-0.05, 0) is 26.7 Å². The van der Waals surface area contributed by atoms with E-state index in [-0.39, 0.29) is 0 Å². The largest absolute Gasteiger partial charge is 0.382 e. The van der Waals surface area contributed by atoms with Crippen molar-refractivity contribution in [2.24, 2.45) is 12.0 Å². The topological polar surface area (TPSA) is 76.4 Å². The van der Waals surface area contributed by atoms with E-state index < -0.39 is 0 Å². The van der Waals surface area contributed by atoms with Crippen LogP contribution < -0.4 is 10.6 Å². The Labute approximate surface area is 133 Å². The summed E-state index contributed by atoms with van der Waals surface area (Å²) in [7, 11) is 1.96. The van der Waals surface area contributed by atoms with Crippen LogP contribution >= 0.6 is 0 Å². The molecule has 1 rings (SSSR count). The Kier molecular flexibility index (Phi) is 9.21. The van der Waals surface area contributed by atoms with Gasteiger partial charge in [0.25, 0.3) is 0 Å². The standard InChI is InChI=1S/C15H30N6O/c1-5-7-9-16-15(17-10-8-11-22-6-2)18-12-14-20-19-13(3)21(14)4/h5-12H2,1-4H3,(H2,16,17,18). The van der Waals surface area contributed by atoms with E-state index in [1.165, 1.54) is 0 Å². The fourth-order valence-corrected chi connectivity index (χ4v) is 1.82. The van der Waals surface area contributed by atoms with E-state index in [9.17, 15) is 0 Å². The molecule has 7 nitrogen and oxygen atoms in total. The zero-order valence-corrected chi connectivity index (χ0v) is 14.4. The van der Waals surface area contributed by atoms with Crippen molar-refractivity contribution in [2.45, 2.75) is 46.6 Å². The van der Waals surface area contributed by atoms with E-state index in [1.807, 2.05) is 25.5 Å². The van der Waals surface area contributed by atoms with Gasteiger partial charge in [-0.1, -0.05) is 13.3 Å². The summed E-state index contributed by atoms with van der Waals surface area (Å²) in [6.07, 6.45) is 3.25. The van der Waals surface area contributed by atoms with Crippen LogP contribution in [0.3, 0.4) is 0 Å². The SMILES string of the molecule is CCCCNC(=NCc1nnc(C)n1C)NCCCOCC. The van der Waals surface area contributed by atoms with Gasteiger partial charge in [-0.15, -0.1) is 10.2 Å². The van der Waals surface area contributed by atoms with Crippen LogP contribution in [-0.4, -0.2) is 47.0 Å². The van der Waals surface area contributed by atoms with Crippen LogP contribution in [0, 0.1) is 6.92 Å². The number of rotatable bonds is 10. The van der Waals surface area contributed by atoms with E-state index in [1.54, 1.807) is 0 Å². The molecule has 126 valence electrons. The number of nitrogens with one attached hydrogen (secondary N) is 2. The van der Waals surface area contributed by atoms with Crippen molar-refractivity contribution in [3.63, 3.8) is 0 Å². The molecule has 1 aromatic heterocycles. The molecule has 0 aliphatic carbocycles. The molecule has 0 aliphatic rings. The zero-order chi connectivity index (χ0) is 16.2. The lowest BCUT2D eigenvalue weighted by atomic mass is 10.3. The van der Waals surface area contributed by atoms with Crippen LogP contribution in [0.2, 0.25) is 0 Å². The number of hydrogen-bond acceptors (Lipinski definition) is 4. The third-order valence-electron chi connectivity index (χ3n) is 3.35. The predicted molar refractivity (Wildman–Crippen MR) is 88.9 cm³/mol. The quantitative estimate of drug-likeness (QED) is 0.388. The van der Waals surface area contributed by atoms with Gasteiger partial charge in [0, 0.05) is 33.4 Å². The first-order valence-corrected chi connectivity index (χ1v) is 8.13. The fourth-order valence-electron chi connectivity index (χ4n) is 1.82. The second-order valence-electron chi connectivity index (χ2n) is 5.14. The number of aryl methyl sites for hydroxylation is 1. The third kappa shape index (κ3) is 6.89. The zero-order valence-electron chi connectivity index (χ0n) is 14.4. The average Bonchev–Trinajstić information content (AvgIpc) is 2.83. The highest BCUT2D eigenvalue weighted by molar-refractivity contribution is 5.79. The summed E-state index contributed by atoms with van der Waals surface area (Å²) in [4.78, 5) is 4.59. The van der Waals surface area contributed by atoms with Crippen LogP contribution in [0.1, 0.15) is 44.8 Å². The minimum Gasteiger partial charge on any atom is -0.382 e. The van der Waals surface area contributed by atoms with Gasteiger partial charge in [-0.2, -0.15) is 0 Å². The van der Waals surface area contributed by atoms with Crippen molar-refractivity contribution in [1.29, 1.82) is 0 Å². The molecule has 0 saturated heterocycles. The first-order valence-electron chi connectivity index (χ1n) is 8.13. The monoisotopic (exact) mass is 310 g/mol. The Morgan fingerprint density at radius 1 is 1.18 bits per heavy atom. The minimum absolute atomic E-state index is 0.518. The number of ether oxygens (including phenoxy) is 1.